The normalized spacial score (nSPS) is 10.6. The van der Waals surface area contributed by atoms with Gasteiger partial charge in [0.25, 0.3) is 0 Å². The van der Waals surface area contributed by atoms with Crippen LogP contribution in [0.4, 0.5) is 5.82 Å². The largest absolute Gasteiger partial charge is 0.478 e. The van der Waals surface area contributed by atoms with Crippen molar-refractivity contribution in [3.05, 3.63) is 36.5 Å². The predicted molar refractivity (Wildman–Crippen MR) is 75.4 cm³/mol. The summed E-state index contributed by atoms with van der Waals surface area (Å²) in [5.41, 5.74) is 5.47. The molecule has 0 aromatic carbocycles. The van der Waals surface area contributed by atoms with E-state index < -0.39 is 11.9 Å². The van der Waals surface area contributed by atoms with E-state index in [0.29, 0.717) is 18.7 Å². The van der Waals surface area contributed by atoms with Gasteiger partial charge in [0, 0.05) is 30.4 Å². The van der Waals surface area contributed by atoms with Crippen LogP contribution < -0.4 is 11.1 Å². The lowest BCUT2D eigenvalue weighted by Gasteiger charge is -2.24. The zero-order chi connectivity index (χ0) is 15.6. The van der Waals surface area contributed by atoms with Gasteiger partial charge < -0.3 is 21.3 Å². The van der Waals surface area contributed by atoms with Crippen molar-refractivity contribution in [3.8, 4) is 0 Å². The van der Waals surface area contributed by atoms with Crippen molar-refractivity contribution in [1.82, 2.24) is 4.98 Å². The molecule has 0 aliphatic rings. The summed E-state index contributed by atoms with van der Waals surface area (Å²) in [5, 5.41) is 18.9. The number of nitrogens with one attached hydrogen (secondary N) is 1. The Labute approximate surface area is 117 Å². The first-order valence-electron chi connectivity index (χ1n) is 5.80. The third-order valence-corrected chi connectivity index (χ3v) is 2.01. The van der Waals surface area contributed by atoms with Crippen LogP contribution in [0.3, 0.4) is 0 Å². The molecule has 0 aliphatic heterocycles. The van der Waals surface area contributed by atoms with Crippen LogP contribution in [0.25, 0.3) is 0 Å². The first kappa shape index (κ1) is 17.6. The molecule has 0 unspecified atom stereocenters. The number of aromatic nitrogens is 1. The zero-order valence-corrected chi connectivity index (χ0v) is 11.4. The van der Waals surface area contributed by atoms with Gasteiger partial charge in [0.15, 0.2) is 0 Å². The van der Waals surface area contributed by atoms with Crippen LogP contribution in [0.2, 0.25) is 0 Å². The Kier molecular flexibility index (Phi) is 7.61. The molecular formula is C13H19N3O4. The summed E-state index contributed by atoms with van der Waals surface area (Å²) < 4.78 is 0. The van der Waals surface area contributed by atoms with Crippen LogP contribution in [-0.4, -0.2) is 39.2 Å². The highest BCUT2D eigenvalue weighted by atomic mass is 16.4. The van der Waals surface area contributed by atoms with Crippen LogP contribution in [-0.2, 0) is 9.59 Å². The molecule has 20 heavy (non-hydrogen) atoms. The van der Waals surface area contributed by atoms with Crippen LogP contribution in [0.1, 0.15) is 13.8 Å². The Balaban J connectivity index is 0.000000396. The lowest BCUT2D eigenvalue weighted by Crippen LogP contribution is -2.39. The maximum Gasteiger partial charge on any atom is 0.328 e. The second-order valence-corrected chi connectivity index (χ2v) is 4.44. The first-order valence-corrected chi connectivity index (χ1v) is 5.80. The topological polar surface area (TPSA) is 126 Å². The number of anilines is 1. The van der Waals surface area contributed by atoms with E-state index in [1.54, 1.807) is 6.20 Å². The first-order chi connectivity index (χ1) is 9.26. The number of carboxylic acid groups (broad SMARTS) is 2. The van der Waals surface area contributed by atoms with Gasteiger partial charge in [0.05, 0.1) is 0 Å². The summed E-state index contributed by atoms with van der Waals surface area (Å²) in [6, 6.07) is 5.76. The molecule has 0 radical (unpaired) electrons. The molecule has 0 bridgehead atoms. The van der Waals surface area contributed by atoms with Gasteiger partial charge in [0.1, 0.15) is 5.82 Å². The Morgan fingerprint density at radius 1 is 1.30 bits per heavy atom. The minimum Gasteiger partial charge on any atom is -0.478 e. The van der Waals surface area contributed by atoms with E-state index in [9.17, 15) is 9.59 Å². The molecule has 0 aliphatic carbocycles. The van der Waals surface area contributed by atoms with Crippen LogP contribution in [0.15, 0.2) is 36.5 Å². The van der Waals surface area contributed by atoms with Gasteiger partial charge in [-0.2, -0.15) is 0 Å². The van der Waals surface area contributed by atoms with Crippen LogP contribution in [0.5, 0.6) is 0 Å². The fraction of sp³-hybridized carbons (Fsp3) is 0.308. The summed E-state index contributed by atoms with van der Waals surface area (Å²) in [4.78, 5) is 23.3. The van der Waals surface area contributed by atoms with Gasteiger partial charge in [-0.1, -0.05) is 6.07 Å². The lowest BCUT2D eigenvalue weighted by atomic mass is 10.1. The van der Waals surface area contributed by atoms with Crippen molar-refractivity contribution in [2.45, 2.75) is 19.4 Å². The Morgan fingerprint density at radius 3 is 2.20 bits per heavy atom. The molecule has 110 valence electrons. The van der Waals surface area contributed by atoms with Crippen molar-refractivity contribution in [2.24, 2.45) is 5.73 Å². The van der Waals surface area contributed by atoms with Gasteiger partial charge >= 0.3 is 11.9 Å². The van der Waals surface area contributed by atoms with Gasteiger partial charge in [-0.25, -0.2) is 14.6 Å². The van der Waals surface area contributed by atoms with E-state index in [1.807, 2.05) is 32.0 Å². The molecular weight excluding hydrogens is 262 g/mol. The second kappa shape index (κ2) is 8.65. The summed E-state index contributed by atoms with van der Waals surface area (Å²) in [6.07, 6.45) is 2.87. The Morgan fingerprint density at radius 2 is 1.85 bits per heavy atom. The van der Waals surface area contributed by atoms with Crippen molar-refractivity contribution < 1.29 is 19.8 Å². The molecule has 1 aromatic rings. The standard InChI is InChI=1S/C9H15N3.C4H4O4/c1-9(2,7-10)12-8-5-3-4-6-11-8;5-3(6)1-2-4(7)8/h3-6H,7,10H2,1-2H3,(H,11,12);1-2H,(H,5,6)(H,7,8)/b;2-1-. The SMILES string of the molecule is CC(C)(CN)Nc1ccccn1.O=C(O)/C=C\C(=O)O. The smallest absolute Gasteiger partial charge is 0.328 e. The number of carboxylic acids is 2. The van der Waals surface area contributed by atoms with E-state index in [0.717, 1.165) is 5.82 Å². The number of nitrogens with zero attached hydrogens (tertiary/aromatic N) is 1. The molecule has 0 amide bonds. The minimum absolute atomic E-state index is 0.0889. The maximum atomic E-state index is 9.55. The summed E-state index contributed by atoms with van der Waals surface area (Å²) in [5.74, 6) is -1.65. The third kappa shape index (κ3) is 9.60. The van der Waals surface area contributed by atoms with E-state index in [-0.39, 0.29) is 5.54 Å². The molecule has 7 nitrogen and oxygen atoms in total. The van der Waals surface area contributed by atoms with Crippen LogP contribution >= 0.6 is 0 Å². The van der Waals surface area contributed by atoms with Crippen molar-refractivity contribution in [2.75, 3.05) is 11.9 Å². The number of pyridine rings is 1. The van der Waals surface area contributed by atoms with Crippen molar-refractivity contribution in [3.63, 3.8) is 0 Å². The third-order valence-electron chi connectivity index (χ3n) is 2.01. The highest BCUT2D eigenvalue weighted by Gasteiger charge is 2.14. The molecule has 0 saturated heterocycles. The fourth-order valence-electron chi connectivity index (χ4n) is 0.977. The van der Waals surface area contributed by atoms with Gasteiger partial charge in [-0.05, 0) is 26.0 Å². The van der Waals surface area contributed by atoms with E-state index in [2.05, 4.69) is 10.3 Å². The Bertz CT molecular complexity index is 442. The molecule has 0 saturated carbocycles. The van der Waals surface area contributed by atoms with E-state index in [4.69, 9.17) is 15.9 Å². The van der Waals surface area contributed by atoms with Crippen molar-refractivity contribution >= 4 is 17.8 Å². The van der Waals surface area contributed by atoms with Crippen LogP contribution in [0, 0.1) is 0 Å². The minimum atomic E-state index is -1.26. The highest BCUT2D eigenvalue weighted by molar-refractivity contribution is 5.89. The molecule has 7 heteroatoms. The monoisotopic (exact) mass is 281 g/mol. The molecule has 0 spiro atoms. The summed E-state index contributed by atoms with van der Waals surface area (Å²) >= 11 is 0. The van der Waals surface area contributed by atoms with Gasteiger partial charge in [-0.3, -0.25) is 0 Å². The number of hydrogen-bond donors (Lipinski definition) is 4. The molecule has 1 aromatic heterocycles. The molecule has 1 rings (SSSR count). The predicted octanol–water partition coefficient (Wildman–Crippen LogP) is 0.943. The number of hydrogen-bond acceptors (Lipinski definition) is 5. The zero-order valence-electron chi connectivity index (χ0n) is 11.4. The molecule has 1 heterocycles. The number of aliphatic carboxylic acids is 2. The highest BCUT2D eigenvalue weighted by Crippen LogP contribution is 2.09. The summed E-state index contributed by atoms with van der Waals surface area (Å²) in [6.45, 7) is 4.67. The molecule has 5 N–H and O–H groups in total. The number of nitrogens with two attached hydrogens (primary N) is 1. The van der Waals surface area contributed by atoms with Gasteiger partial charge in [-0.15, -0.1) is 0 Å². The molecule has 0 fully saturated rings. The molecule has 0 atom stereocenters. The average molecular weight is 281 g/mol. The lowest BCUT2D eigenvalue weighted by molar-refractivity contribution is -0.134. The Hall–Kier alpha value is -2.41. The average Bonchev–Trinajstić information content (AvgIpc) is 2.38. The van der Waals surface area contributed by atoms with E-state index in [1.165, 1.54) is 0 Å². The second-order valence-electron chi connectivity index (χ2n) is 4.44. The summed E-state index contributed by atoms with van der Waals surface area (Å²) in [7, 11) is 0. The van der Waals surface area contributed by atoms with Crippen molar-refractivity contribution in [1.29, 1.82) is 0 Å². The quantitative estimate of drug-likeness (QED) is 0.592. The number of rotatable bonds is 5. The van der Waals surface area contributed by atoms with Gasteiger partial charge in [0.2, 0.25) is 0 Å². The number of carbonyl (C=O) groups is 2. The maximum absolute atomic E-state index is 9.55. The van der Waals surface area contributed by atoms with E-state index >= 15 is 0 Å². The fourth-order valence-corrected chi connectivity index (χ4v) is 0.977.